The van der Waals surface area contributed by atoms with Crippen LogP contribution < -0.4 is 4.90 Å². The van der Waals surface area contributed by atoms with Crippen molar-refractivity contribution in [3.63, 3.8) is 0 Å². The average molecular weight is 853 g/mol. The van der Waals surface area contributed by atoms with Gasteiger partial charge in [0.1, 0.15) is 0 Å². The molecule has 13 rings (SSSR count). The number of rotatable bonds is 8. The number of hydrogen-bond acceptors (Lipinski definition) is 1. The fraction of sp³-hybridized carbons (Fsp3) is 0.0154. The Hall–Kier alpha value is -8.72. The van der Waals surface area contributed by atoms with Gasteiger partial charge in [-0.15, -0.1) is 0 Å². The van der Waals surface area contributed by atoms with E-state index in [1.54, 1.807) is 0 Å². The van der Waals surface area contributed by atoms with Gasteiger partial charge in [-0.3, -0.25) is 0 Å². The summed E-state index contributed by atoms with van der Waals surface area (Å²) in [5.74, 6) is 0. The van der Waals surface area contributed by atoms with E-state index in [0.717, 1.165) is 28.3 Å². The van der Waals surface area contributed by atoms with Crippen LogP contribution in [0.3, 0.4) is 0 Å². The molecule has 1 aliphatic carbocycles. The molecule has 0 aliphatic heterocycles. The molecule has 314 valence electrons. The fourth-order valence-electron chi connectivity index (χ4n) is 11.2. The normalized spacial score (nSPS) is 12.6. The molecule has 0 radical (unpaired) electrons. The van der Waals surface area contributed by atoms with Gasteiger partial charge in [-0.1, -0.05) is 212 Å². The summed E-state index contributed by atoms with van der Waals surface area (Å²) in [5, 5.41) is 4.95. The Morgan fingerprint density at radius 2 is 0.881 bits per heavy atom. The van der Waals surface area contributed by atoms with Crippen molar-refractivity contribution in [2.24, 2.45) is 0 Å². The largest absolute Gasteiger partial charge is 0.310 e. The van der Waals surface area contributed by atoms with Gasteiger partial charge in [0.2, 0.25) is 0 Å². The van der Waals surface area contributed by atoms with Crippen LogP contribution in [0.1, 0.15) is 22.3 Å². The van der Waals surface area contributed by atoms with E-state index in [1.807, 2.05) is 0 Å². The van der Waals surface area contributed by atoms with Crippen LogP contribution in [-0.4, -0.2) is 4.57 Å². The van der Waals surface area contributed by atoms with Crippen molar-refractivity contribution in [1.82, 2.24) is 4.57 Å². The van der Waals surface area contributed by atoms with Crippen LogP contribution in [0.2, 0.25) is 0 Å². The third-order valence-corrected chi connectivity index (χ3v) is 14.0. The van der Waals surface area contributed by atoms with Crippen LogP contribution in [-0.2, 0) is 5.41 Å². The van der Waals surface area contributed by atoms with Gasteiger partial charge >= 0.3 is 0 Å². The first-order valence-electron chi connectivity index (χ1n) is 23.2. The molecule has 0 unspecified atom stereocenters. The monoisotopic (exact) mass is 852 g/mol. The molecule has 0 amide bonds. The third-order valence-electron chi connectivity index (χ3n) is 14.0. The van der Waals surface area contributed by atoms with E-state index in [4.69, 9.17) is 0 Å². The highest BCUT2D eigenvalue weighted by Gasteiger charge is 2.47. The molecule has 0 spiro atoms. The lowest BCUT2D eigenvalue weighted by Gasteiger charge is -2.34. The summed E-state index contributed by atoms with van der Waals surface area (Å²) in [7, 11) is 0. The molecular weight excluding hydrogens is 809 g/mol. The number of hydrogen-bond donors (Lipinski definition) is 0. The minimum absolute atomic E-state index is 0.520. The van der Waals surface area contributed by atoms with Crippen LogP contribution in [0.5, 0.6) is 0 Å². The molecule has 1 aromatic heterocycles. The van der Waals surface area contributed by atoms with Crippen LogP contribution in [0.15, 0.2) is 267 Å². The summed E-state index contributed by atoms with van der Waals surface area (Å²) in [5.41, 5.74) is 18.6. The van der Waals surface area contributed by atoms with Gasteiger partial charge in [0.25, 0.3) is 0 Å². The molecule has 0 saturated carbocycles. The summed E-state index contributed by atoms with van der Waals surface area (Å²) in [6.07, 6.45) is 0. The van der Waals surface area contributed by atoms with E-state index in [1.165, 1.54) is 82.6 Å². The minimum atomic E-state index is -0.520. The highest BCUT2D eigenvalue weighted by molar-refractivity contribution is 6.10. The van der Waals surface area contributed by atoms with Crippen molar-refractivity contribution in [1.29, 1.82) is 0 Å². The Morgan fingerprint density at radius 3 is 1.58 bits per heavy atom. The van der Waals surface area contributed by atoms with Crippen LogP contribution in [0, 0.1) is 0 Å². The second-order valence-corrected chi connectivity index (χ2v) is 17.6. The lowest BCUT2D eigenvalue weighted by molar-refractivity contribution is 0.768. The average Bonchev–Trinajstić information content (AvgIpc) is 3.91. The van der Waals surface area contributed by atoms with Crippen molar-refractivity contribution >= 4 is 49.6 Å². The number of benzene rings is 11. The predicted octanol–water partition coefficient (Wildman–Crippen LogP) is 17.1. The first-order chi connectivity index (χ1) is 33.3. The lowest BCUT2D eigenvalue weighted by Crippen LogP contribution is -2.28. The Bertz CT molecular complexity index is 3700. The quantitative estimate of drug-likeness (QED) is 0.148. The smallest absolute Gasteiger partial charge is 0.0714 e. The van der Waals surface area contributed by atoms with E-state index in [0.29, 0.717) is 0 Å². The Morgan fingerprint density at radius 1 is 0.328 bits per heavy atom. The van der Waals surface area contributed by atoms with Gasteiger partial charge in [-0.05, 0) is 115 Å². The zero-order valence-corrected chi connectivity index (χ0v) is 36.8. The maximum atomic E-state index is 2.48. The summed E-state index contributed by atoms with van der Waals surface area (Å²) in [4.78, 5) is 2.48. The topological polar surface area (TPSA) is 8.17 Å². The van der Waals surface area contributed by atoms with Gasteiger partial charge < -0.3 is 9.47 Å². The highest BCUT2D eigenvalue weighted by Crippen LogP contribution is 2.59. The molecule has 0 bridgehead atoms. The SMILES string of the molecule is c1ccc(-c2cccc(N(c3ccc(-c4cc(-n5c6ccccc6c6ccccc65)cc5ccccc45)cc3)c3cccc4c3-c3ccccc3C4(c3ccccc3)c3ccccc3)c2)cc1. The standard InChI is InChI=1S/C65H44N2/c1-4-20-45(21-5-1)47-23-18-28-52(42-47)66(63-37-19-34-60-64(63)57-32-12-15-33-59(57)65(60,49-24-6-2-7-25-49)50-26-8-3-9-27-50)51-40-38-46(39-41-51)58-44-53(43-48-22-10-11-29-54(48)58)67-61-35-16-13-30-55(61)56-31-14-17-36-62(56)67/h1-44H. The van der Waals surface area contributed by atoms with Gasteiger partial charge in [0, 0.05) is 33.4 Å². The third kappa shape index (κ3) is 6.11. The number of anilines is 3. The summed E-state index contributed by atoms with van der Waals surface area (Å²) < 4.78 is 2.43. The Balaban J connectivity index is 1.03. The molecule has 0 atom stereocenters. The van der Waals surface area contributed by atoms with Crippen LogP contribution in [0.4, 0.5) is 17.1 Å². The van der Waals surface area contributed by atoms with Gasteiger partial charge in [0.05, 0.1) is 22.1 Å². The fourth-order valence-corrected chi connectivity index (χ4v) is 11.2. The Kier molecular flexibility index (Phi) is 9.11. The van der Waals surface area contributed by atoms with E-state index >= 15 is 0 Å². The van der Waals surface area contributed by atoms with Gasteiger partial charge in [0.15, 0.2) is 0 Å². The van der Waals surface area contributed by atoms with E-state index in [2.05, 4.69) is 276 Å². The first-order valence-corrected chi connectivity index (χ1v) is 23.2. The van der Waals surface area contributed by atoms with Crippen LogP contribution >= 0.6 is 0 Å². The molecule has 2 heteroatoms. The lowest BCUT2D eigenvalue weighted by atomic mass is 9.68. The highest BCUT2D eigenvalue weighted by atomic mass is 15.1. The van der Waals surface area contributed by atoms with E-state index in [9.17, 15) is 0 Å². The molecule has 2 nitrogen and oxygen atoms in total. The van der Waals surface area contributed by atoms with Crippen molar-refractivity contribution in [2.45, 2.75) is 5.41 Å². The number of fused-ring (bicyclic) bond motifs is 7. The molecule has 0 saturated heterocycles. The molecular formula is C65H44N2. The summed E-state index contributed by atoms with van der Waals surface area (Å²) >= 11 is 0. The molecule has 1 heterocycles. The van der Waals surface area contributed by atoms with E-state index < -0.39 is 5.41 Å². The molecule has 12 aromatic rings. The maximum absolute atomic E-state index is 2.48. The van der Waals surface area contributed by atoms with Crippen molar-refractivity contribution in [2.75, 3.05) is 4.90 Å². The van der Waals surface area contributed by atoms with Crippen molar-refractivity contribution < 1.29 is 0 Å². The molecule has 0 N–H and O–H groups in total. The minimum Gasteiger partial charge on any atom is -0.310 e. The molecule has 11 aromatic carbocycles. The van der Waals surface area contributed by atoms with Gasteiger partial charge in [-0.2, -0.15) is 0 Å². The summed E-state index contributed by atoms with van der Waals surface area (Å²) in [6.45, 7) is 0. The first kappa shape index (κ1) is 38.7. The van der Waals surface area contributed by atoms with Crippen molar-refractivity contribution in [3.05, 3.63) is 289 Å². The zero-order chi connectivity index (χ0) is 44.3. The predicted molar refractivity (Wildman–Crippen MR) is 281 cm³/mol. The second-order valence-electron chi connectivity index (χ2n) is 17.6. The molecule has 0 fully saturated rings. The van der Waals surface area contributed by atoms with Crippen molar-refractivity contribution in [3.8, 4) is 39.1 Å². The van der Waals surface area contributed by atoms with Crippen LogP contribution in [0.25, 0.3) is 71.6 Å². The van der Waals surface area contributed by atoms with Gasteiger partial charge in [-0.25, -0.2) is 0 Å². The van der Waals surface area contributed by atoms with E-state index in [-0.39, 0.29) is 0 Å². The molecule has 1 aliphatic rings. The second kappa shape index (κ2) is 15.8. The zero-order valence-electron chi connectivity index (χ0n) is 36.8. The summed E-state index contributed by atoms with van der Waals surface area (Å²) in [6, 6.07) is 98.1. The number of aromatic nitrogens is 1. The Labute approximate surface area is 390 Å². The number of para-hydroxylation sites is 2. The number of nitrogens with zero attached hydrogens (tertiary/aromatic N) is 2. The maximum Gasteiger partial charge on any atom is 0.0714 e. The molecule has 67 heavy (non-hydrogen) atoms.